The number of aromatic nitrogens is 3. The van der Waals surface area contributed by atoms with Gasteiger partial charge in [0, 0.05) is 29.8 Å². The van der Waals surface area contributed by atoms with Crippen LogP contribution in [0.5, 0.6) is 0 Å². The van der Waals surface area contributed by atoms with Crippen molar-refractivity contribution in [1.82, 2.24) is 20.1 Å². The number of halogens is 1. The molecule has 3 aliphatic rings. The highest BCUT2D eigenvalue weighted by Crippen LogP contribution is 2.55. The number of hydrogen-bond donors (Lipinski definition) is 1. The van der Waals surface area contributed by atoms with Crippen molar-refractivity contribution in [1.29, 1.82) is 0 Å². The molecule has 1 N–H and O–H groups in total. The number of rotatable bonds is 0. The molecule has 1 aliphatic carbocycles. The second kappa shape index (κ2) is 6.36. The molecule has 2 aliphatic heterocycles. The van der Waals surface area contributed by atoms with Crippen LogP contribution >= 0.6 is 15.9 Å². The predicted molar refractivity (Wildman–Crippen MR) is 104 cm³/mol. The van der Waals surface area contributed by atoms with E-state index in [1.807, 2.05) is 29.2 Å². The number of Topliss-reactive ketones (excluding diaryl/α,β-unsaturated/α-hetero) is 1. The maximum absolute atomic E-state index is 12.9. The third-order valence-corrected chi connectivity index (χ3v) is 6.46. The van der Waals surface area contributed by atoms with Crippen LogP contribution in [-0.4, -0.2) is 39.2 Å². The van der Waals surface area contributed by atoms with E-state index in [9.17, 15) is 4.79 Å². The Labute approximate surface area is 166 Å². The monoisotopic (exact) mass is 428 g/mol. The summed E-state index contributed by atoms with van der Waals surface area (Å²) in [5.41, 5.74) is 3.80. The topological polar surface area (TPSA) is 69.0 Å². The molecule has 1 spiro atoms. The average molecular weight is 429 g/mol. The molecular formula is C20H21BrN4O2. The largest absolute Gasteiger partial charge is 0.372 e. The van der Waals surface area contributed by atoms with E-state index in [-0.39, 0.29) is 17.2 Å². The molecular weight excluding hydrogens is 408 g/mol. The number of piperidine rings is 1. The molecule has 2 aromatic rings. The van der Waals surface area contributed by atoms with E-state index >= 15 is 0 Å². The Balaban J connectivity index is 1.47. The zero-order valence-corrected chi connectivity index (χ0v) is 16.5. The molecule has 1 saturated heterocycles. The molecule has 27 heavy (non-hydrogen) atoms. The SMILES string of the molecule is C=C1COCc2ccc(Br)nc2CC(=O)[C@@H]2C[C@]3(C[C@H]3N2)Cn2cc1cn2. The number of carbonyl (C=O) groups excluding carboxylic acids is 1. The molecule has 0 amide bonds. The second-order valence-electron chi connectivity index (χ2n) is 7.95. The third-order valence-electron chi connectivity index (χ3n) is 6.02. The maximum atomic E-state index is 12.9. The van der Waals surface area contributed by atoms with Gasteiger partial charge >= 0.3 is 0 Å². The van der Waals surface area contributed by atoms with Gasteiger partial charge in [0.15, 0.2) is 5.78 Å². The molecule has 0 unspecified atom stereocenters. The molecule has 4 bridgehead atoms. The van der Waals surface area contributed by atoms with Gasteiger partial charge in [-0.2, -0.15) is 5.10 Å². The number of nitrogens with one attached hydrogen (secondary N) is 1. The summed E-state index contributed by atoms with van der Waals surface area (Å²) in [7, 11) is 0. The zero-order chi connectivity index (χ0) is 18.6. The van der Waals surface area contributed by atoms with Crippen LogP contribution in [0.15, 0.2) is 35.7 Å². The minimum Gasteiger partial charge on any atom is -0.372 e. The number of fused-ring (bicyclic) bond motifs is 4. The fraction of sp³-hybridized carbons (Fsp3) is 0.450. The highest BCUT2D eigenvalue weighted by Gasteiger charge is 2.61. The summed E-state index contributed by atoms with van der Waals surface area (Å²) < 4.78 is 8.59. The highest BCUT2D eigenvalue weighted by atomic mass is 79.9. The van der Waals surface area contributed by atoms with Gasteiger partial charge in [-0.25, -0.2) is 4.98 Å². The summed E-state index contributed by atoms with van der Waals surface area (Å²) in [6, 6.07) is 4.17. The first-order chi connectivity index (χ1) is 13.0. The minimum absolute atomic E-state index is 0.103. The molecule has 0 aromatic carbocycles. The first kappa shape index (κ1) is 17.3. The minimum atomic E-state index is -0.103. The summed E-state index contributed by atoms with van der Waals surface area (Å²) in [6.07, 6.45) is 6.19. The molecule has 1 saturated carbocycles. The predicted octanol–water partition coefficient (Wildman–Crippen LogP) is 2.52. The van der Waals surface area contributed by atoms with E-state index in [2.05, 4.69) is 37.9 Å². The Morgan fingerprint density at radius 3 is 3.11 bits per heavy atom. The van der Waals surface area contributed by atoms with Gasteiger partial charge in [-0.15, -0.1) is 0 Å². The number of nitrogens with zero attached hydrogens (tertiary/aromatic N) is 3. The Morgan fingerprint density at radius 1 is 1.33 bits per heavy atom. The van der Waals surface area contributed by atoms with Gasteiger partial charge in [0.2, 0.25) is 0 Å². The standard InChI is InChI=1S/C20H21BrN4O2/c1-12-9-27-10-13-2-3-19(21)24-15(13)4-17(26)16-5-20(6-18(20)23-16)11-25-8-14(12)7-22-25/h2-3,7-8,16,18,23H,1,4-6,9-11H2/t16-,18+,20-/m0/s1. The number of carbonyl (C=O) groups is 1. The van der Waals surface area contributed by atoms with Gasteiger partial charge in [-0.1, -0.05) is 12.6 Å². The molecule has 2 aromatic heterocycles. The number of pyridine rings is 1. The molecule has 3 atom stereocenters. The Kier molecular flexibility index (Phi) is 4.07. The molecule has 4 heterocycles. The molecule has 7 heteroatoms. The van der Waals surface area contributed by atoms with E-state index in [1.54, 1.807) is 0 Å². The molecule has 0 radical (unpaired) electrons. The van der Waals surface area contributed by atoms with Crippen LogP contribution in [0.2, 0.25) is 0 Å². The lowest BCUT2D eigenvalue weighted by atomic mass is 9.95. The van der Waals surface area contributed by atoms with Crippen LogP contribution in [0.25, 0.3) is 5.57 Å². The van der Waals surface area contributed by atoms with Crippen LogP contribution in [0.1, 0.15) is 29.7 Å². The summed E-state index contributed by atoms with van der Waals surface area (Å²) in [5.74, 6) is 0.203. The Bertz CT molecular complexity index is 940. The van der Waals surface area contributed by atoms with Crippen molar-refractivity contribution in [3.63, 3.8) is 0 Å². The first-order valence-electron chi connectivity index (χ1n) is 9.24. The number of ketones is 1. The lowest BCUT2D eigenvalue weighted by molar-refractivity contribution is -0.120. The van der Waals surface area contributed by atoms with Gasteiger partial charge in [0.1, 0.15) is 4.60 Å². The normalized spacial score (nSPS) is 30.3. The Morgan fingerprint density at radius 2 is 2.22 bits per heavy atom. The van der Waals surface area contributed by atoms with Crippen LogP contribution in [0, 0.1) is 5.41 Å². The second-order valence-corrected chi connectivity index (χ2v) is 8.76. The highest BCUT2D eigenvalue weighted by molar-refractivity contribution is 9.10. The molecule has 140 valence electrons. The van der Waals surface area contributed by atoms with E-state index in [1.165, 1.54) is 0 Å². The quantitative estimate of drug-likeness (QED) is 0.652. The fourth-order valence-electron chi connectivity index (χ4n) is 4.36. The summed E-state index contributed by atoms with van der Waals surface area (Å²) in [4.78, 5) is 17.5. The van der Waals surface area contributed by atoms with Gasteiger partial charge in [-0.3, -0.25) is 9.48 Å². The number of ether oxygens (including phenoxy) is 1. The fourth-order valence-corrected chi connectivity index (χ4v) is 4.71. The van der Waals surface area contributed by atoms with E-state index in [4.69, 9.17) is 4.74 Å². The molecule has 6 nitrogen and oxygen atoms in total. The van der Waals surface area contributed by atoms with E-state index < -0.39 is 0 Å². The van der Waals surface area contributed by atoms with Crippen molar-refractivity contribution in [3.8, 4) is 0 Å². The zero-order valence-electron chi connectivity index (χ0n) is 14.9. The van der Waals surface area contributed by atoms with Gasteiger partial charge in [-0.05, 0) is 46.0 Å². The van der Waals surface area contributed by atoms with Gasteiger partial charge < -0.3 is 10.1 Å². The lowest BCUT2D eigenvalue weighted by Crippen LogP contribution is -2.35. The Hall–Kier alpha value is -1.83. The van der Waals surface area contributed by atoms with Gasteiger partial charge in [0.25, 0.3) is 0 Å². The molecule has 2 fully saturated rings. The van der Waals surface area contributed by atoms with Crippen LogP contribution < -0.4 is 5.32 Å². The average Bonchev–Trinajstić information content (AvgIpc) is 2.96. The third kappa shape index (κ3) is 3.17. The summed E-state index contributed by atoms with van der Waals surface area (Å²) >= 11 is 3.42. The van der Waals surface area contributed by atoms with Crippen molar-refractivity contribution in [3.05, 3.63) is 52.5 Å². The van der Waals surface area contributed by atoms with Crippen molar-refractivity contribution < 1.29 is 9.53 Å². The van der Waals surface area contributed by atoms with Crippen LogP contribution in [0.4, 0.5) is 0 Å². The van der Waals surface area contributed by atoms with Crippen LogP contribution in [0.3, 0.4) is 0 Å². The van der Waals surface area contributed by atoms with Gasteiger partial charge in [0.05, 0.1) is 37.6 Å². The van der Waals surface area contributed by atoms with E-state index in [0.717, 1.165) is 46.4 Å². The summed E-state index contributed by atoms with van der Waals surface area (Å²) in [5, 5.41) is 8.03. The number of hydrogen-bond acceptors (Lipinski definition) is 5. The van der Waals surface area contributed by atoms with Crippen molar-refractivity contribution in [2.75, 3.05) is 6.61 Å². The molecule has 5 rings (SSSR count). The first-order valence-corrected chi connectivity index (χ1v) is 10.0. The smallest absolute Gasteiger partial charge is 0.155 e. The van der Waals surface area contributed by atoms with Crippen molar-refractivity contribution in [2.24, 2.45) is 5.41 Å². The summed E-state index contributed by atoms with van der Waals surface area (Å²) in [6.45, 7) is 5.80. The van der Waals surface area contributed by atoms with E-state index in [0.29, 0.717) is 25.7 Å². The van der Waals surface area contributed by atoms with Crippen molar-refractivity contribution in [2.45, 2.75) is 44.5 Å². The van der Waals surface area contributed by atoms with Crippen molar-refractivity contribution >= 4 is 27.3 Å². The lowest BCUT2D eigenvalue weighted by Gasteiger charge is -2.16. The van der Waals surface area contributed by atoms with Crippen LogP contribution in [-0.2, 0) is 29.1 Å². The maximum Gasteiger partial charge on any atom is 0.155 e.